The fraction of sp³-hybridized carbons (Fsp3) is 0.286. The van der Waals surface area contributed by atoms with Crippen LogP contribution in [-0.2, 0) is 0 Å². The van der Waals surface area contributed by atoms with Crippen molar-refractivity contribution in [2.45, 2.75) is 39.7 Å². The molecular weight excluding hydrogens is 384 g/mol. The van der Waals surface area contributed by atoms with Gasteiger partial charge in [-0.2, -0.15) is 5.10 Å². The van der Waals surface area contributed by atoms with Gasteiger partial charge in [0.25, 0.3) is 5.91 Å². The topological polar surface area (TPSA) is 85.6 Å². The number of anilines is 1. The van der Waals surface area contributed by atoms with E-state index in [9.17, 15) is 4.79 Å². The molecule has 0 aliphatic rings. The Morgan fingerprint density at radius 3 is 2.55 bits per heavy atom. The van der Waals surface area contributed by atoms with Crippen LogP contribution in [0.15, 0.2) is 42.6 Å². The Hall–Kier alpha value is -3.13. The molecule has 4 rings (SSSR count). The summed E-state index contributed by atoms with van der Waals surface area (Å²) in [5.41, 5.74) is 3.09. The molecule has 4 aromatic rings. The van der Waals surface area contributed by atoms with Crippen LogP contribution in [0.25, 0.3) is 21.6 Å². The Morgan fingerprint density at radius 1 is 1.10 bits per heavy atom. The quantitative estimate of drug-likeness (QED) is 0.509. The Morgan fingerprint density at radius 2 is 1.86 bits per heavy atom. The van der Waals surface area contributed by atoms with Crippen molar-refractivity contribution in [1.82, 2.24) is 25.0 Å². The highest BCUT2D eigenvalue weighted by molar-refractivity contribution is 7.18. The molecule has 0 bridgehead atoms. The normalized spacial score (nSPS) is 11.5. The lowest BCUT2D eigenvalue weighted by Gasteiger charge is -2.11. The number of rotatable bonds is 5. The third kappa shape index (κ3) is 3.75. The van der Waals surface area contributed by atoms with Gasteiger partial charge in [0.2, 0.25) is 5.13 Å². The zero-order valence-corrected chi connectivity index (χ0v) is 17.6. The van der Waals surface area contributed by atoms with E-state index < -0.39 is 0 Å². The SMILES string of the molecule is CC(C)c1cc(C(=O)Nc2nnc(-c3ccccc3)s2)c2cnn(C(C)C)c2n1. The van der Waals surface area contributed by atoms with Crippen molar-refractivity contribution in [3.05, 3.63) is 53.9 Å². The average molecular weight is 407 g/mol. The Labute approximate surface area is 172 Å². The molecule has 29 heavy (non-hydrogen) atoms. The molecule has 8 heteroatoms. The number of hydrogen-bond donors (Lipinski definition) is 1. The summed E-state index contributed by atoms with van der Waals surface area (Å²) < 4.78 is 1.84. The van der Waals surface area contributed by atoms with Gasteiger partial charge in [0.05, 0.1) is 17.1 Å². The Kier molecular flexibility index (Phi) is 5.10. The van der Waals surface area contributed by atoms with E-state index in [2.05, 4.69) is 34.5 Å². The maximum Gasteiger partial charge on any atom is 0.258 e. The van der Waals surface area contributed by atoms with Gasteiger partial charge >= 0.3 is 0 Å². The van der Waals surface area contributed by atoms with Crippen LogP contribution >= 0.6 is 11.3 Å². The molecule has 7 nitrogen and oxygen atoms in total. The zero-order chi connectivity index (χ0) is 20.5. The lowest BCUT2D eigenvalue weighted by molar-refractivity contribution is 0.102. The molecule has 0 spiro atoms. The van der Waals surface area contributed by atoms with E-state index in [0.717, 1.165) is 27.3 Å². The number of nitrogens with one attached hydrogen (secondary N) is 1. The predicted octanol–water partition coefficient (Wildman–Crippen LogP) is 4.91. The molecule has 1 amide bonds. The second kappa shape index (κ2) is 7.71. The van der Waals surface area contributed by atoms with Gasteiger partial charge in [-0.25, -0.2) is 9.67 Å². The van der Waals surface area contributed by atoms with Gasteiger partial charge in [-0.3, -0.25) is 10.1 Å². The van der Waals surface area contributed by atoms with Crippen LogP contribution in [0.4, 0.5) is 5.13 Å². The first-order valence-electron chi connectivity index (χ1n) is 9.52. The Bertz CT molecular complexity index is 1160. The van der Waals surface area contributed by atoms with E-state index in [-0.39, 0.29) is 17.9 Å². The van der Waals surface area contributed by atoms with Crippen LogP contribution in [0.2, 0.25) is 0 Å². The summed E-state index contributed by atoms with van der Waals surface area (Å²) in [6, 6.07) is 11.8. The summed E-state index contributed by atoms with van der Waals surface area (Å²) in [7, 11) is 0. The van der Waals surface area contributed by atoms with Crippen molar-refractivity contribution in [2.24, 2.45) is 0 Å². The molecule has 0 aliphatic carbocycles. The highest BCUT2D eigenvalue weighted by atomic mass is 32.1. The number of carbonyl (C=O) groups excluding carboxylic acids is 1. The number of aromatic nitrogens is 5. The third-order valence-electron chi connectivity index (χ3n) is 4.58. The second-order valence-electron chi connectivity index (χ2n) is 7.40. The molecule has 0 fully saturated rings. The lowest BCUT2D eigenvalue weighted by atomic mass is 10.0. The third-order valence-corrected chi connectivity index (χ3v) is 5.47. The van der Waals surface area contributed by atoms with Crippen LogP contribution in [0, 0.1) is 0 Å². The lowest BCUT2D eigenvalue weighted by Crippen LogP contribution is -2.14. The molecule has 148 valence electrons. The van der Waals surface area contributed by atoms with Gasteiger partial charge in [0, 0.05) is 17.3 Å². The minimum atomic E-state index is -0.238. The molecule has 1 aromatic carbocycles. The van der Waals surface area contributed by atoms with E-state index in [1.54, 1.807) is 6.20 Å². The molecule has 0 radical (unpaired) electrons. The summed E-state index contributed by atoms with van der Waals surface area (Å²) in [6.07, 6.45) is 1.71. The van der Waals surface area contributed by atoms with Gasteiger partial charge in [0.15, 0.2) is 5.65 Å². The first-order chi connectivity index (χ1) is 13.9. The fourth-order valence-corrected chi connectivity index (χ4v) is 3.78. The summed E-state index contributed by atoms with van der Waals surface area (Å²) in [6.45, 7) is 8.20. The van der Waals surface area contributed by atoms with Crippen LogP contribution in [-0.4, -0.2) is 30.9 Å². The first kappa shape index (κ1) is 19.2. The minimum Gasteiger partial charge on any atom is -0.296 e. The van der Waals surface area contributed by atoms with E-state index in [1.807, 2.05) is 54.9 Å². The fourth-order valence-electron chi connectivity index (χ4n) is 3.03. The first-order valence-corrected chi connectivity index (χ1v) is 10.3. The molecule has 3 aromatic heterocycles. The predicted molar refractivity (Wildman–Crippen MR) is 115 cm³/mol. The van der Waals surface area contributed by atoms with Crippen molar-refractivity contribution in [3.8, 4) is 10.6 Å². The number of carbonyl (C=O) groups is 1. The summed E-state index contributed by atoms with van der Waals surface area (Å²) in [4.78, 5) is 17.8. The van der Waals surface area contributed by atoms with Crippen molar-refractivity contribution in [2.75, 3.05) is 5.32 Å². The molecule has 0 saturated heterocycles. The smallest absolute Gasteiger partial charge is 0.258 e. The molecule has 0 atom stereocenters. The van der Waals surface area contributed by atoms with Gasteiger partial charge < -0.3 is 0 Å². The van der Waals surface area contributed by atoms with E-state index in [1.165, 1.54) is 11.3 Å². The van der Waals surface area contributed by atoms with Crippen molar-refractivity contribution in [3.63, 3.8) is 0 Å². The molecule has 0 unspecified atom stereocenters. The molecule has 3 heterocycles. The molecule has 1 N–H and O–H groups in total. The van der Waals surface area contributed by atoms with E-state index in [4.69, 9.17) is 4.98 Å². The molecule has 0 aliphatic heterocycles. The number of pyridine rings is 1. The summed E-state index contributed by atoms with van der Waals surface area (Å²) in [5.74, 6) is -0.0500. The maximum atomic E-state index is 13.1. The monoisotopic (exact) mass is 406 g/mol. The molecular formula is C21H22N6OS. The maximum absolute atomic E-state index is 13.1. The number of fused-ring (bicyclic) bond motifs is 1. The van der Waals surface area contributed by atoms with Gasteiger partial charge in [-0.05, 0) is 25.8 Å². The standard InChI is InChI=1S/C21H22N6OS/c1-12(2)17-10-15(16-11-22-27(13(3)4)18(16)23-17)19(28)24-21-26-25-20(29-21)14-8-6-5-7-9-14/h5-13H,1-4H3,(H,24,26,28). The van der Waals surface area contributed by atoms with Gasteiger partial charge in [-0.1, -0.05) is 55.5 Å². The van der Waals surface area contributed by atoms with Crippen LogP contribution in [0.3, 0.4) is 0 Å². The van der Waals surface area contributed by atoms with Crippen LogP contribution in [0.5, 0.6) is 0 Å². The van der Waals surface area contributed by atoms with Crippen molar-refractivity contribution in [1.29, 1.82) is 0 Å². The number of amides is 1. The minimum absolute atomic E-state index is 0.148. The second-order valence-corrected chi connectivity index (χ2v) is 8.38. The van der Waals surface area contributed by atoms with Crippen molar-refractivity contribution >= 4 is 33.4 Å². The van der Waals surface area contributed by atoms with Gasteiger partial charge in [-0.15, -0.1) is 10.2 Å². The number of benzene rings is 1. The summed E-state index contributed by atoms with van der Waals surface area (Å²) in [5, 5.41) is 17.6. The highest BCUT2D eigenvalue weighted by Gasteiger charge is 2.20. The average Bonchev–Trinajstić information content (AvgIpc) is 3.34. The summed E-state index contributed by atoms with van der Waals surface area (Å²) >= 11 is 1.34. The van der Waals surface area contributed by atoms with E-state index >= 15 is 0 Å². The Balaban J connectivity index is 1.69. The molecule has 0 saturated carbocycles. The largest absolute Gasteiger partial charge is 0.296 e. The van der Waals surface area contributed by atoms with Crippen LogP contribution in [0.1, 0.15) is 55.7 Å². The number of hydrogen-bond acceptors (Lipinski definition) is 6. The van der Waals surface area contributed by atoms with Crippen molar-refractivity contribution < 1.29 is 4.79 Å². The highest BCUT2D eigenvalue weighted by Crippen LogP contribution is 2.28. The van der Waals surface area contributed by atoms with Gasteiger partial charge in [0.1, 0.15) is 5.01 Å². The van der Waals surface area contributed by atoms with E-state index in [0.29, 0.717) is 10.7 Å². The van der Waals surface area contributed by atoms with Crippen LogP contribution < -0.4 is 5.32 Å². The number of nitrogens with zero attached hydrogens (tertiary/aromatic N) is 5. The zero-order valence-electron chi connectivity index (χ0n) is 16.7.